The highest BCUT2D eigenvalue weighted by Gasteiger charge is 2.10. The van der Waals surface area contributed by atoms with Gasteiger partial charge in [0.15, 0.2) is 0 Å². The van der Waals surface area contributed by atoms with Crippen LogP contribution in [0.15, 0.2) is 0 Å². The number of nitrogens with two attached hydrogens (primary N) is 1. The minimum Gasteiger partial charge on any atom is -0.330 e. The van der Waals surface area contributed by atoms with Gasteiger partial charge in [0, 0.05) is 6.04 Å². The second-order valence-corrected chi connectivity index (χ2v) is 3.08. The fourth-order valence-electron chi connectivity index (χ4n) is 1.53. The molecule has 1 heterocycles. The summed E-state index contributed by atoms with van der Waals surface area (Å²) in [5.41, 5.74) is 5.42. The molecular weight excluding hydrogens is 124 g/mol. The molecule has 0 bridgehead atoms. The lowest BCUT2D eigenvalue weighted by molar-refractivity contribution is 0.377. The van der Waals surface area contributed by atoms with E-state index in [2.05, 4.69) is 5.32 Å². The van der Waals surface area contributed by atoms with Crippen LogP contribution in [0.25, 0.3) is 0 Å². The first-order valence-corrected chi connectivity index (χ1v) is 4.37. The van der Waals surface area contributed by atoms with Crippen LogP contribution in [0.2, 0.25) is 0 Å². The zero-order valence-corrected chi connectivity index (χ0v) is 6.60. The molecule has 60 valence electrons. The van der Waals surface area contributed by atoms with Crippen molar-refractivity contribution in [2.24, 2.45) is 5.73 Å². The van der Waals surface area contributed by atoms with Crippen LogP contribution in [0.3, 0.4) is 0 Å². The second-order valence-electron chi connectivity index (χ2n) is 3.08. The van der Waals surface area contributed by atoms with Gasteiger partial charge in [-0.3, -0.25) is 0 Å². The van der Waals surface area contributed by atoms with Gasteiger partial charge in [-0.1, -0.05) is 6.42 Å². The summed E-state index contributed by atoms with van der Waals surface area (Å²) >= 11 is 0. The van der Waals surface area contributed by atoms with Gasteiger partial charge in [-0.2, -0.15) is 0 Å². The Morgan fingerprint density at radius 2 is 2.30 bits per heavy atom. The van der Waals surface area contributed by atoms with Crippen LogP contribution < -0.4 is 11.1 Å². The van der Waals surface area contributed by atoms with Crippen LogP contribution in [0, 0.1) is 0 Å². The third-order valence-corrected chi connectivity index (χ3v) is 2.17. The molecule has 1 aliphatic rings. The van der Waals surface area contributed by atoms with E-state index in [9.17, 15) is 0 Å². The fraction of sp³-hybridized carbons (Fsp3) is 1.00. The maximum atomic E-state index is 5.42. The maximum absolute atomic E-state index is 5.42. The minimum atomic E-state index is 0.775. The molecule has 10 heavy (non-hydrogen) atoms. The topological polar surface area (TPSA) is 38.0 Å². The lowest BCUT2D eigenvalue weighted by Crippen LogP contribution is -2.34. The van der Waals surface area contributed by atoms with E-state index in [0.29, 0.717) is 0 Å². The smallest absolute Gasteiger partial charge is 0.00675 e. The first-order chi connectivity index (χ1) is 4.93. The third kappa shape index (κ3) is 2.67. The third-order valence-electron chi connectivity index (χ3n) is 2.17. The van der Waals surface area contributed by atoms with Crippen molar-refractivity contribution < 1.29 is 0 Å². The molecule has 1 rings (SSSR count). The molecule has 2 nitrogen and oxygen atoms in total. The fourth-order valence-corrected chi connectivity index (χ4v) is 1.53. The molecule has 0 aliphatic carbocycles. The summed E-state index contributed by atoms with van der Waals surface area (Å²) in [6.45, 7) is 2.06. The minimum absolute atomic E-state index is 0.775. The molecule has 1 saturated heterocycles. The van der Waals surface area contributed by atoms with E-state index in [1.54, 1.807) is 0 Å². The van der Waals surface area contributed by atoms with Gasteiger partial charge in [0.1, 0.15) is 0 Å². The van der Waals surface area contributed by atoms with E-state index in [1.165, 1.54) is 38.6 Å². The summed E-state index contributed by atoms with van der Waals surface area (Å²) in [6.07, 6.45) is 6.58. The van der Waals surface area contributed by atoms with Gasteiger partial charge in [-0.25, -0.2) is 0 Å². The summed E-state index contributed by atoms with van der Waals surface area (Å²) in [5, 5.41) is 3.50. The Hall–Kier alpha value is -0.0800. The lowest BCUT2D eigenvalue weighted by atomic mass is 10.0. The maximum Gasteiger partial charge on any atom is 0.00675 e. The molecule has 1 atom stereocenters. The van der Waals surface area contributed by atoms with E-state index in [1.807, 2.05) is 0 Å². The van der Waals surface area contributed by atoms with Gasteiger partial charge in [-0.15, -0.1) is 0 Å². The van der Waals surface area contributed by atoms with Crippen LogP contribution in [0.5, 0.6) is 0 Å². The van der Waals surface area contributed by atoms with Crippen LogP contribution in [-0.4, -0.2) is 19.1 Å². The second kappa shape index (κ2) is 4.69. The van der Waals surface area contributed by atoms with E-state index in [0.717, 1.165) is 12.6 Å². The normalized spacial score (nSPS) is 26.7. The predicted octanol–water partition coefficient (Wildman–Crippen LogP) is 0.867. The van der Waals surface area contributed by atoms with E-state index < -0.39 is 0 Å². The van der Waals surface area contributed by atoms with E-state index in [4.69, 9.17) is 5.73 Å². The van der Waals surface area contributed by atoms with Gasteiger partial charge in [0.25, 0.3) is 0 Å². The standard InChI is InChI=1S/C8H18N2/c9-6-3-5-8-4-1-2-7-10-8/h8,10H,1-7,9H2/t8-/m0/s1. The van der Waals surface area contributed by atoms with Gasteiger partial charge >= 0.3 is 0 Å². The van der Waals surface area contributed by atoms with Crippen molar-refractivity contribution in [2.45, 2.75) is 38.1 Å². The molecule has 1 aliphatic heterocycles. The number of rotatable bonds is 3. The molecule has 1 fully saturated rings. The summed E-state index contributed by atoms with van der Waals surface area (Å²) in [6, 6.07) is 0.775. The molecule has 3 N–H and O–H groups in total. The lowest BCUT2D eigenvalue weighted by Gasteiger charge is -2.22. The van der Waals surface area contributed by atoms with Crippen molar-refractivity contribution >= 4 is 0 Å². The molecule has 0 spiro atoms. The molecule has 0 aromatic carbocycles. The quantitative estimate of drug-likeness (QED) is 0.613. The first kappa shape index (κ1) is 8.02. The Labute approximate surface area is 63.2 Å². The van der Waals surface area contributed by atoms with Crippen LogP contribution in [-0.2, 0) is 0 Å². The van der Waals surface area contributed by atoms with Gasteiger partial charge < -0.3 is 11.1 Å². The van der Waals surface area contributed by atoms with Gasteiger partial charge in [-0.05, 0) is 38.8 Å². The van der Waals surface area contributed by atoms with Gasteiger partial charge in [0.2, 0.25) is 0 Å². The summed E-state index contributed by atoms with van der Waals surface area (Å²) < 4.78 is 0. The van der Waals surface area contributed by atoms with Crippen molar-refractivity contribution in [3.8, 4) is 0 Å². The van der Waals surface area contributed by atoms with E-state index >= 15 is 0 Å². The summed E-state index contributed by atoms with van der Waals surface area (Å²) in [5.74, 6) is 0. The number of hydrogen-bond acceptors (Lipinski definition) is 2. The molecule has 0 saturated carbocycles. The number of nitrogens with one attached hydrogen (secondary N) is 1. The highest BCUT2D eigenvalue weighted by atomic mass is 14.9. The average molecular weight is 142 g/mol. The molecular formula is C8H18N2. The molecule has 0 aromatic heterocycles. The molecule has 0 radical (unpaired) electrons. The zero-order chi connectivity index (χ0) is 7.23. The zero-order valence-electron chi connectivity index (χ0n) is 6.60. The Kier molecular flexibility index (Phi) is 3.76. The monoisotopic (exact) mass is 142 g/mol. The summed E-state index contributed by atoms with van der Waals surface area (Å²) in [4.78, 5) is 0. The largest absolute Gasteiger partial charge is 0.330 e. The highest BCUT2D eigenvalue weighted by molar-refractivity contribution is 4.71. The Balaban J connectivity index is 2.02. The number of piperidine rings is 1. The molecule has 0 unspecified atom stereocenters. The molecule has 0 aromatic rings. The average Bonchev–Trinajstić information content (AvgIpc) is 2.03. The van der Waals surface area contributed by atoms with Crippen LogP contribution >= 0.6 is 0 Å². The Morgan fingerprint density at radius 3 is 2.90 bits per heavy atom. The Morgan fingerprint density at radius 1 is 1.40 bits per heavy atom. The van der Waals surface area contributed by atoms with Crippen molar-refractivity contribution in [2.75, 3.05) is 13.1 Å². The summed E-state index contributed by atoms with van der Waals surface area (Å²) in [7, 11) is 0. The molecule has 2 heteroatoms. The van der Waals surface area contributed by atoms with Gasteiger partial charge in [0.05, 0.1) is 0 Å². The SMILES string of the molecule is NCCC[C@@H]1CCCCN1. The van der Waals surface area contributed by atoms with Crippen molar-refractivity contribution in [1.29, 1.82) is 0 Å². The van der Waals surface area contributed by atoms with E-state index in [-0.39, 0.29) is 0 Å². The Bertz CT molecular complexity index is 77.3. The van der Waals surface area contributed by atoms with Crippen LogP contribution in [0.1, 0.15) is 32.1 Å². The van der Waals surface area contributed by atoms with Crippen molar-refractivity contribution in [3.63, 3.8) is 0 Å². The van der Waals surface area contributed by atoms with Crippen LogP contribution in [0.4, 0.5) is 0 Å². The van der Waals surface area contributed by atoms with Crippen molar-refractivity contribution in [3.05, 3.63) is 0 Å². The highest BCUT2D eigenvalue weighted by Crippen LogP contribution is 2.10. The first-order valence-electron chi connectivity index (χ1n) is 4.37. The predicted molar refractivity (Wildman–Crippen MR) is 43.9 cm³/mol. The molecule has 0 amide bonds. The van der Waals surface area contributed by atoms with Crippen molar-refractivity contribution in [1.82, 2.24) is 5.32 Å². The number of hydrogen-bond donors (Lipinski definition) is 2.